The maximum absolute atomic E-state index is 4.13. The minimum atomic E-state index is 0.421. The highest BCUT2D eigenvalue weighted by atomic mass is 14.9. The van der Waals surface area contributed by atoms with Gasteiger partial charge in [0.2, 0.25) is 0 Å². The van der Waals surface area contributed by atoms with E-state index >= 15 is 0 Å². The molecule has 0 radical (unpaired) electrons. The summed E-state index contributed by atoms with van der Waals surface area (Å²) in [7, 11) is 1.93. The van der Waals surface area contributed by atoms with Crippen LogP contribution in [0.3, 0.4) is 0 Å². The first-order valence-corrected chi connectivity index (χ1v) is 2.93. The third kappa shape index (κ3) is 3.81. The standard InChI is InChI=1S/C6H14N2/c1-4-8-6(2)5-7-3/h4,6-7H,5H2,1-3H3. The highest BCUT2D eigenvalue weighted by Gasteiger charge is 1.90. The average Bonchev–Trinajstić information content (AvgIpc) is 1.68. The molecule has 0 aromatic heterocycles. The lowest BCUT2D eigenvalue weighted by atomic mass is 10.3. The van der Waals surface area contributed by atoms with Crippen LogP contribution in [0.15, 0.2) is 4.99 Å². The molecule has 0 spiro atoms. The van der Waals surface area contributed by atoms with E-state index in [2.05, 4.69) is 17.2 Å². The van der Waals surface area contributed by atoms with Crippen LogP contribution in [0.4, 0.5) is 0 Å². The van der Waals surface area contributed by atoms with Crippen molar-refractivity contribution in [3.63, 3.8) is 0 Å². The quantitative estimate of drug-likeness (QED) is 0.536. The van der Waals surface area contributed by atoms with Crippen LogP contribution in [0, 0.1) is 0 Å². The molecule has 0 amide bonds. The van der Waals surface area contributed by atoms with Gasteiger partial charge < -0.3 is 5.32 Å². The summed E-state index contributed by atoms with van der Waals surface area (Å²) in [6.07, 6.45) is 1.84. The van der Waals surface area contributed by atoms with E-state index < -0.39 is 0 Å². The van der Waals surface area contributed by atoms with E-state index in [0.717, 1.165) is 6.54 Å². The van der Waals surface area contributed by atoms with Gasteiger partial charge in [0.1, 0.15) is 0 Å². The lowest BCUT2D eigenvalue weighted by Gasteiger charge is -2.01. The summed E-state index contributed by atoms with van der Waals surface area (Å²) >= 11 is 0. The molecule has 1 N–H and O–H groups in total. The van der Waals surface area contributed by atoms with Crippen LogP contribution in [0.25, 0.3) is 0 Å². The van der Waals surface area contributed by atoms with Gasteiger partial charge in [-0.2, -0.15) is 0 Å². The average molecular weight is 114 g/mol. The number of aliphatic imine (C=N–C) groups is 1. The van der Waals surface area contributed by atoms with Gasteiger partial charge in [-0.05, 0) is 27.1 Å². The SMILES string of the molecule is CC=NC(C)CNC. The van der Waals surface area contributed by atoms with Crippen LogP contribution in [0.5, 0.6) is 0 Å². The number of hydrogen-bond acceptors (Lipinski definition) is 2. The predicted octanol–water partition coefficient (Wildman–Crippen LogP) is 0.685. The van der Waals surface area contributed by atoms with Gasteiger partial charge in [0.25, 0.3) is 0 Å². The summed E-state index contributed by atoms with van der Waals surface area (Å²) in [5.74, 6) is 0. The monoisotopic (exact) mass is 114 g/mol. The first-order valence-electron chi connectivity index (χ1n) is 2.93. The van der Waals surface area contributed by atoms with Crippen molar-refractivity contribution < 1.29 is 0 Å². The molecule has 1 unspecified atom stereocenters. The largest absolute Gasteiger partial charge is 0.318 e. The molecule has 0 aromatic carbocycles. The third-order valence-corrected chi connectivity index (χ3v) is 0.903. The Hall–Kier alpha value is -0.370. The van der Waals surface area contributed by atoms with Crippen LogP contribution in [0.1, 0.15) is 13.8 Å². The van der Waals surface area contributed by atoms with Crippen LogP contribution < -0.4 is 5.32 Å². The molecule has 0 aromatic rings. The summed E-state index contributed by atoms with van der Waals surface area (Å²) < 4.78 is 0. The second-order valence-corrected chi connectivity index (χ2v) is 1.81. The van der Waals surface area contributed by atoms with Gasteiger partial charge in [-0.15, -0.1) is 0 Å². The van der Waals surface area contributed by atoms with E-state index in [1.165, 1.54) is 0 Å². The number of nitrogens with zero attached hydrogens (tertiary/aromatic N) is 1. The van der Waals surface area contributed by atoms with Gasteiger partial charge in [-0.1, -0.05) is 0 Å². The lowest BCUT2D eigenvalue weighted by molar-refractivity contribution is 0.670. The summed E-state index contributed by atoms with van der Waals surface area (Å²) in [5, 5.41) is 3.04. The molecule has 0 aliphatic carbocycles. The zero-order valence-corrected chi connectivity index (χ0v) is 5.81. The Balaban J connectivity index is 3.17. The molecule has 0 saturated carbocycles. The van der Waals surface area contributed by atoms with Crippen molar-refractivity contribution in [3.05, 3.63) is 0 Å². The van der Waals surface area contributed by atoms with Crippen molar-refractivity contribution in [2.24, 2.45) is 4.99 Å². The van der Waals surface area contributed by atoms with Crippen LogP contribution in [-0.2, 0) is 0 Å². The van der Waals surface area contributed by atoms with Gasteiger partial charge in [-0.3, -0.25) is 4.99 Å². The molecule has 2 nitrogen and oxygen atoms in total. The minimum Gasteiger partial charge on any atom is -0.318 e. The first-order chi connectivity index (χ1) is 3.81. The molecule has 0 aliphatic heterocycles. The number of rotatable bonds is 3. The van der Waals surface area contributed by atoms with Gasteiger partial charge in [-0.25, -0.2) is 0 Å². The second-order valence-electron chi connectivity index (χ2n) is 1.81. The lowest BCUT2D eigenvalue weighted by Crippen LogP contribution is -2.18. The summed E-state index contributed by atoms with van der Waals surface area (Å²) in [6, 6.07) is 0.421. The van der Waals surface area contributed by atoms with Gasteiger partial charge >= 0.3 is 0 Å². The van der Waals surface area contributed by atoms with E-state index in [0.29, 0.717) is 6.04 Å². The Morgan fingerprint density at radius 2 is 2.38 bits per heavy atom. The molecule has 48 valence electrons. The predicted molar refractivity (Wildman–Crippen MR) is 37.6 cm³/mol. The zero-order valence-electron chi connectivity index (χ0n) is 5.81. The molecular formula is C6H14N2. The highest BCUT2D eigenvalue weighted by molar-refractivity contribution is 5.53. The Kier molecular flexibility index (Phi) is 4.56. The van der Waals surface area contributed by atoms with Crippen molar-refractivity contribution in [2.45, 2.75) is 19.9 Å². The van der Waals surface area contributed by atoms with E-state index in [1.54, 1.807) is 0 Å². The highest BCUT2D eigenvalue weighted by Crippen LogP contribution is 1.82. The fourth-order valence-electron chi connectivity index (χ4n) is 0.603. The van der Waals surface area contributed by atoms with Gasteiger partial charge in [0.05, 0.1) is 6.04 Å². The van der Waals surface area contributed by atoms with Crippen molar-refractivity contribution in [1.82, 2.24) is 5.32 Å². The molecule has 0 heterocycles. The molecule has 0 bridgehead atoms. The minimum absolute atomic E-state index is 0.421. The fraction of sp³-hybridized carbons (Fsp3) is 0.833. The molecule has 0 rings (SSSR count). The molecule has 0 fully saturated rings. The van der Waals surface area contributed by atoms with Crippen molar-refractivity contribution >= 4 is 6.21 Å². The number of likely N-dealkylation sites (N-methyl/N-ethyl adjacent to an activating group) is 1. The van der Waals surface area contributed by atoms with E-state index in [9.17, 15) is 0 Å². The topological polar surface area (TPSA) is 24.4 Å². The normalized spacial score (nSPS) is 14.9. The number of hydrogen-bond donors (Lipinski definition) is 1. The summed E-state index contributed by atoms with van der Waals surface area (Å²) in [5.41, 5.74) is 0. The van der Waals surface area contributed by atoms with E-state index in [4.69, 9.17) is 0 Å². The zero-order chi connectivity index (χ0) is 6.41. The van der Waals surface area contributed by atoms with Crippen LogP contribution >= 0.6 is 0 Å². The van der Waals surface area contributed by atoms with Crippen molar-refractivity contribution in [2.75, 3.05) is 13.6 Å². The van der Waals surface area contributed by atoms with Crippen LogP contribution in [-0.4, -0.2) is 25.8 Å². The Morgan fingerprint density at radius 1 is 1.75 bits per heavy atom. The Bertz CT molecular complexity index is 68.9. The maximum atomic E-state index is 4.13. The molecule has 2 heteroatoms. The third-order valence-electron chi connectivity index (χ3n) is 0.903. The number of nitrogens with one attached hydrogen (secondary N) is 1. The first kappa shape index (κ1) is 7.63. The van der Waals surface area contributed by atoms with E-state index in [-0.39, 0.29) is 0 Å². The fourth-order valence-corrected chi connectivity index (χ4v) is 0.603. The van der Waals surface area contributed by atoms with Crippen molar-refractivity contribution in [3.8, 4) is 0 Å². The van der Waals surface area contributed by atoms with Crippen molar-refractivity contribution in [1.29, 1.82) is 0 Å². The maximum Gasteiger partial charge on any atom is 0.0591 e. The van der Waals surface area contributed by atoms with Gasteiger partial charge in [0, 0.05) is 6.54 Å². The molecule has 0 aliphatic rings. The van der Waals surface area contributed by atoms with Gasteiger partial charge in [0.15, 0.2) is 0 Å². The molecule has 8 heavy (non-hydrogen) atoms. The Labute approximate surface area is 51.0 Å². The Morgan fingerprint density at radius 3 is 2.75 bits per heavy atom. The molecule has 1 atom stereocenters. The summed E-state index contributed by atoms with van der Waals surface area (Å²) in [4.78, 5) is 4.13. The summed E-state index contributed by atoms with van der Waals surface area (Å²) in [6.45, 7) is 4.98. The molecule has 0 saturated heterocycles. The second kappa shape index (κ2) is 4.78. The van der Waals surface area contributed by atoms with E-state index in [1.807, 2.05) is 20.2 Å². The molecular weight excluding hydrogens is 100 g/mol. The van der Waals surface area contributed by atoms with Crippen LogP contribution in [0.2, 0.25) is 0 Å². The smallest absolute Gasteiger partial charge is 0.0591 e.